The number of nitrogens with zero attached hydrogens (tertiary/aromatic N) is 2. The summed E-state index contributed by atoms with van der Waals surface area (Å²) in [6.45, 7) is 2.77. The Balaban J connectivity index is 2.04. The van der Waals surface area contributed by atoms with E-state index >= 15 is 0 Å². The second-order valence-corrected chi connectivity index (χ2v) is 5.74. The summed E-state index contributed by atoms with van der Waals surface area (Å²) >= 11 is 0. The monoisotopic (exact) mass is 263 g/mol. The SMILES string of the molecule is CC1CCC2(CC1)C(=O)NC(=O)N2CCCCC#N. The highest BCUT2D eigenvalue weighted by molar-refractivity contribution is 6.07. The zero-order valence-electron chi connectivity index (χ0n) is 11.4. The van der Waals surface area contributed by atoms with Gasteiger partial charge >= 0.3 is 6.03 Å². The summed E-state index contributed by atoms with van der Waals surface area (Å²) < 4.78 is 0. The second kappa shape index (κ2) is 5.60. The molecule has 3 amide bonds. The van der Waals surface area contributed by atoms with Crippen LogP contribution < -0.4 is 5.32 Å². The van der Waals surface area contributed by atoms with Crippen molar-refractivity contribution < 1.29 is 9.59 Å². The maximum Gasteiger partial charge on any atom is 0.325 e. The van der Waals surface area contributed by atoms with E-state index in [-0.39, 0.29) is 11.9 Å². The standard InChI is InChI=1S/C14H21N3O2/c1-11-5-7-14(8-6-11)12(18)16-13(19)17(14)10-4-2-3-9-15/h11H,2-8,10H2,1H3,(H,16,18,19). The Kier molecular flexibility index (Phi) is 4.08. The quantitative estimate of drug-likeness (QED) is 0.624. The maximum absolute atomic E-state index is 12.1. The fraction of sp³-hybridized carbons (Fsp3) is 0.786. The summed E-state index contributed by atoms with van der Waals surface area (Å²) in [5.41, 5.74) is -0.601. The van der Waals surface area contributed by atoms with Gasteiger partial charge in [0, 0.05) is 13.0 Å². The highest BCUT2D eigenvalue weighted by atomic mass is 16.2. The third-order valence-corrected chi connectivity index (χ3v) is 4.43. The zero-order valence-corrected chi connectivity index (χ0v) is 11.4. The van der Waals surface area contributed by atoms with E-state index in [4.69, 9.17) is 5.26 Å². The van der Waals surface area contributed by atoms with Crippen LogP contribution in [0.15, 0.2) is 0 Å². The second-order valence-electron chi connectivity index (χ2n) is 5.74. The van der Waals surface area contributed by atoms with Gasteiger partial charge in [-0.25, -0.2) is 4.79 Å². The molecule has 19 heavy (non-hydrogen) atoms. The molecule has 2 aliphatic rings. The summed E-state index contributed by atoms with van der Waals surface area (Å²) in [4.78, 5) is 25.8. The first-order valence-corrected chi connectivity index (χ1v) is 7.10. The predicted molar refractivity (Wildman–Crippen MR) is 70.1 cm³/mol. The molecule has 5 nitrogen and oxygen atoms in total. The van der Waals surface area contributed by atoms with Crippen molar-refractivity contribution in [3.63, 3.8) is 0 Å². The van der Waals surface area contributed by atoms with Gasteiger partial charge in [-0.2, -0.15) is 5.26 Å². The summed E-state index contributed by atoms with van der Waals surface area (Å²) in [6.07, 6.45) is 5.60. The number of hydrogen-bond donors (Lipinski definition) is 1. The highest BCUT2D eigenvalue weighted by Gasteiger charge is 2.53. The first kappa shape index (κ1) is 13.9. The molecule has 0 aromatic heterocycles. The molecule has 1 saturated carbocycles. The summed E-state index contributed by atoms with van der Waals surface area (Å²) in [6, 6.07) is 1.85. The van der Waals surface area contributed by atoms with Crippen LogP contribution in [0.5, 0.6) is 0 Å². The molecule has 104 valence electrons. The van der Waals surface area contributed by atoms with Gasteiger partial charge in [-0.15, -0.1) is 0 Å². The first-order valence-electron chi connectivity index (χ1n) is 7.10. The van der Waals surface area contributed by atoms with Crippen molar-refractivity contribution in [1.29, 1.82) is 5.26 Å². The van der Waals surface area contributed by atoms with Crippen molar-refractivity contribution in [1.82, 2.24) is 10.2 Å². The number of nitrogens with one attached hydrogen (secondary N) is 1. The topological polar surface area (TPSA) is 73.2 Å². The minimum Gasteiger partial charge on any atom is -0.310 e. The molecule has 0 aromatic rings. The lowest BCUT2D eigenvalue weighted by atomic mass is 9.76. The highest BCUT2D eigenvalue weighted by Crippen LogP contribution is 2.39. The van der Waals surface area contributed by atoms with Crippen LogP contribution >= 0.6 is 0 Å². The van der Waals surface area contributed by atoms with Gasteiger partial charge in [0.1, 0.15) is 5.54 Å². The molecule has 0 radical (unpaired) electrons. The average Bonchev–Trinajstić information content (AvgIpc) is 2.61. The van der Waals surface area contributed by atoms with E-state index < -0.39 is 5.54 Å². The van der Waals surface area contributed by atoms with E-state index in [9.17, 15) is 9.59 Å². The molecule has 1 heterocycles. The number of nitriles is 1. The molecule has 1 saturated heterocycles. The van der Waals surface area contributed by atoms with E-state index in [0.717, 1.165) is 38.5 Å². The number of imide groups is 1. The number of amides is 3. The third-order valence-electron chi connectivity index (χ3n) is 4.43. The predicted octanol–water partition coefficient (Wildman–Crippen LogP) is 2.18. The van der Waals surface area contributed by atoms with Gasteiger partial charge in [0.2, 0.25) is 0 Å². The third kappa shape index (κ3) is 2.58. The molecule has 5 heteroatoms. The Hall–Kier alpha value is -1.57. The minimum absolute atomic E-state index is 0.121. The largest absolute Gasteiger partial charge is 0.325 e. The molecule has 1 N–H and O–H groups in total. The molecular formula is C14H21N3O2. The van der Waals surface area contributed by atoms with Gasteiger partial charge in [-0.1, -0.05) is 6.92 Å². The lowest BCUT2D eigenvalue weighted by Crippen LogP contribution is -2.52. The van der Waals surface area contributed by atoms with Gasteiger partial charge in [0.25, 0.3) is 5.91 Å². The average molecular weight is 263 g/mol. The molecule has 2 fully saturated rings. The van der Waals surface area contributed by atoms with Gasteiger partial charge in [-0.3, -0.25) is 10.1 Å². The van der Waals surface area contributed by atoms with Crippen molar-refractivity contribution in [3.8, 4) is 6.07 Å². The van der Waals surface area contributed by atoms with Crippen molar-refractivity contribution in [2.45, 2.75) is 57.4 Å². The number of carbonyl (C=O) groups is 2. The molecule has 2 rings (SSSR count). The molecule has 0 aromatic carbocycles. The van der Waals surface area contributed by atoms with E-state index in [1.807, 2.05) is 0 Å². The molecule has 1 aliphatic heterocycles. The summed E-state index contributed by atoms with van der Waals surface area (Å²) in [7, 11) is 0. The lowest BCUT2D eigenvalue weighted by molar-refractivity contribution is -0.128. The van der Waals surface area contributed by atoms with Crippen LogP contribution in [0.25, 0.3) is 0 Å². The van der Waals surface area contributed by atoms with Crippen molar-refractivity contribution in [3.05, 3.63) is 0 Å². The molecule has 0 bridgehead atoms. The summed E-state index contributed by atoms with van der Waals surface area (Å²) in [5.74, 6) is 0.513. The summed E-state index contributed by atoms with van der Waals surface area (Å²) in [5, 5.41) is 11.0. The van der Waals surface area contributed by atoms with Crippen LogP contribution in [-0.4, -0.2) is 28.9 Å². The Morgan fingerprint density at radius 3 is 2.68 bits per heavy atom. The zero-order chi connectivity index (χ0) is 13.9. The van der Waals surface area contributed by atoms with Crippen LogP contribution in [0.3, 0.4) is 0 Å². The molecular weight excluding hydrogens is 242 g/mol. The minimum atomic E-state index is -0.601. The molecule has 0 unspecified atom stereocenters. The number of rotatable bonds is 4. The fourth-order valence-electron chi connectivity index (χ4n) is 3.12. The maximum atomic E-state index is 12.1. The Bertz CT molecular complexity index is 405. The normalized spacial score (nSPS) is 30.5. The smallest absolute Gasteiger partial charge is 0.310 e. The van der Waals surface area contributed by atoms with E-state index in [1.165, 1.54) is 0 Å². The number of carbonyl (C=O) groups excluding carboxylic acids is 2. The molecule has 1 aliphatic carbocycles. The fourth-order valence-corrected chi connectivity index (χ4v) is 3.12. The number of hydrogen-bond acceptors (Lipinski definition) is 3. The van der Waals surface area contributed by atoms with Crippen molar-refractivity contribution >= 4 is 11.9 Å². The van der Waals surface area contributed by atoms with Crippen molar-refractivity contribution in [2.75, 3.05) is 6.54 Å². The first-order chi connectivity index (χ1) is 9.10. The number of urea groups is 1. The van der Waals surface area contributed by atoms with Gasteiger partial charge in [0.05, 0.1) is 6.07 Å². The molecule has 0 atom stereocenters. The van der Waals surface area contributed by atoms with Gasteiger partial charge in [0.15, 0.2) is 0 Å². The number of unbranched alkanes of at least 4 members (excludes halogenated alkanes) is 2. The Morgan fingerprint density at radius 1 is 1.37 bits per heavy atom. The lowest BCUT2D eigenvalue weighted by Gasteiger charge is -2.40. The Morgan fingerprint density at radius 2 is 2.05 bits per heavy atom. The van der Waals surface area contributed by atoms with Crippen LogP contribution in [0.1, 0.15) is 51.9 Å². The van der Waals surface area contributed by atoms with Crippen LogP contribution in [-0.2, 0) is 4.79 Å². The van der Waals surface area contributed by atoms with E-state index in [1.54, 1.807) is 4.90 Å². The van der Waals surface area contributed by atoms with Gasteiger partial charge < -0.3 is 4.90 Å². The van der Waals surface area contributed by atoms with Crippen LogP contribution in [0, 0.1) is 17.2 Å². The van der Waals surface area contributed by atoms with Gasteiger partial charge in [-0.05, 0) is 44.4 Å². The van der Waals surface area contributed by atoms with Crippen LogP contribution in [0.2, 0.25) is 0 Å². The van der Waals surface area contributed by atoms with Crippen LogP contribution in [0.4, 0.5) is 4.79 Å². The molecule has 1 spiro atoms. The van der Waals surface area contributed by atoms with E-state index in [2.05, 4.69) is 18.3 Å². The Labute approximate surface area is 113 Å². The van der Waals surface area contributed by atoms with Crippen molar-refractivity contribution in [2.24, 2.45) is 5.92 Å². The van der Waals surface area contributed by atoms with E-state index in [0.29, 0.717) is 18.9 Å².